The summed E-state index contributed by atoms with van der Waals surface area (Å²) in [6.45, 7) is 3.44. The molecule has 3 aliphatic rings. The average Bonchev–Trinajstić information content (AvgIpc) is 3.52. The van der Waals surface area contributed by atoms with Crippen LogP contribution < -0.4 is 10.1 Å². The minimum Gasteiger partial charge on any atom is -0.435 e. The second kappa shape index (κ2) is 12.7. The van der Waals surface area contributed by atoms with E-state index in [2.05, 4.69) is 39.2 Å². The number of hydrogen-bond acceptors (Lipinski definition) is 5. The SMILES string of the molecule is CCC(=O)C([C@@H]1CNC[C@@H]1c1ccccc1)N1CCC2(CCN(Cc3ccc(OC(F)F)cc3)C2=O)CC1.Cl. The van der Waals surface area contributed by atoms with Crippen LogP contribution in [0.2, 0.25) is 0 Å². The van der Waals surface area contributed by atoms with E-state index in [1.807, 2.05) is 17.9 Å². The molecule has 0 radical (unpaired) electrons. The Morgan fingerprint density at radius 2 is 1.69 bits per heavy atom. The van der Waals surface area contributed by atoms with Crippen LogP contribution >= 0.6 is 12.4 Å². The Kier molecular flexibility index (Phi) is 9.62. The largest absolute Gasteiger partial charge is 0.435 e. The molecule has 3 fully saturated rings. The maximum absolute atomic E-state index is 13.6. The molecular formula is C30H38ClF2N3O3. The number of carbonyl (C=O) groups excluding carboxylic acids is 2. The molecule has 0 bridgehead atoms. The number of likely N-dealkylation sites (tertiary alicyclic amines) is 2. The predicted octanol–water partition coefficient (Wildman–Crippen LogP) is 4.88. The summed E-state index contributed by atoms with van der Waals surface area (Å²) in [5.41, 5.74) is 1.80. The highest BCUT2D eigenvalue weighted by molar-refractivity contribution is 5.86. The van der Waals surface area contributed by atoms with E-state index in [0.29, 0.717) is 25.4 Å². The third-order valence-corrected chi connectivity index (χ3v) is 8.84. The summed E-state index contributed by atoms with van der Waals surface area (Å²) in [7, 11) is 0. The Morgan fingerprint density at radius 3 is 2.33 bits per heavy atom. The number of benzene rings is 2. The number of halogens is 3. The van der Waals surface area contributed by atoms with E-state index in [0.717, 1.165) is 51.0 Å². The smallest absolute Gasteiger partial charge is 0.387 e. The fourth-order valence-electron chi connectivity index (χ4n) is 6.75. The fourth-order valence-corrected chi connectivity index (χ4v) is 6.75. The van der Waals surface area contributed by atoms with Crippen LogP contribution in [0, 0.1) is 11.3 Å². The van der Waals surface area contributed by atoms with Gasteiger partial charge in [0.05, 0.1) is 11.5 Å². The Bertz CT molecular complexity index is 1110. The maximum Gasteiger partial charge on any atom is 0.387 e. The number of rotatable bonds is 9. The van der Waals surface area contributed by atoms with Gasteiger partial charge in [0.25, 0.3) is 0 Å². The molecule has 0 aliphatic carbocycles. The summed E-state index contributed by atoms with van der Waals surface area (Å²) in [5, 5.41) is 3.53. The van der Waals surface area contributed by atoms with Gasteiger partial charge in [0.2, 0.25) is 5.91 Å². The molecule has 1 spiro atoms. The number of amides is 1. The highest BCUT2D eigenvalue weighted by atomic mass is 35.5. The minimum atomic E-state index is -2.85. The van der Waals surface area contributed by atoms with Gasteiger partial charge < -0.3 is 15.0 Å². The van der Waals surface area contributed by atoms with Crippen LogP contribution in [-0.2, 0) is 16.1 Å². The lowest BCUT2D eigenvalue weighted by Gasteiger charge is -2.43. The summed E-state index contributed by atoms with van der Waals surface area (Å²) in [6, 6.07) is 16.8. The molecule has 1 N–H and O–H groups in total. The Balaban J connectivity index is 0.00000353. The van der Waals surface area contributed by atoms with Gasteiger partial charge in [0.15, 0.2) is 0 Å². The monoisotopic (exact) mass is 561 g/mol. The summed E-state index contributed by atoms with van der Waals surface area (Å²) < 4.78 is 29.3. The summed E-state index contributed by atoms with van der Waals surface area (Å²) >= 11 is 0. The van der Waals surface area contributed by atoms with Crippen LogP contribution in [0.4, 0.5) is 8.78 Å². The predicted molar refractivity (Wildman–Crippen MR) is 148 cm³/mol. The maximum atomic E-state index is 13.6. The van der Waals surface area contributed by atoms with Gasteiger partial charge in [0, 0.05) is 44.4 Å². The Morgan fingerprint density at radius 1 is 1.03 bits per heavy atom. The van der Waals surface area contributed by atoms with E-state index in [4.69, 9.17) is 0 Å². The third kappa shape index (κ3) is 6.28. The van der Waals surface area contributed by atoms with Crippen LogP contribution in [-0.4, -0.2) is 66.9 Å². The number of nitrogens with one attached hydrogen (secondary N) is 1. The number of carbonyl (C=O) groups is 2. The first-order valence-electron chi connectivity index (χ1n) is 13.8. The molecule has 0 saturated carbocycles. The molecule has 6 nitrogen and oxygen atoms in total. The molecule has 39 heavy (non-hydrogen) atoms. The van der Waals surface area contributed by atoms with Gasteiger partial charge in [-0.2, -0.15) is 8.78 Å². The number of nitrogens with zero attached hydrogens (tertiary/aromatic N) is 2. The summed E-state index contributed by atoms with van der Waals surface area (Å²) in [6.07, 6.45) is 2.84. The molecule has 3 heterocycles. The van der Waals surface area contributed by atoms with Crippen LogP contribution in [0.1, 0.15) is 49.7 Å². The van der Waals surface area contributed by atoms with Gasteiger partial charge in [-0.15, -0.1) is 12.4 Å². The molecule has 2 aromatic rings. The molecular weight excluding hydrogens is 524 g/mol. The van der Waals surface area contributed by atoms with Gasteiger partial charge in [0.1, 0.15) is 11.5 Å². The lowest BCUT2D eigenvalue weighted by Crippen LogP contribution is -2.54. The average molecular weight is 562 g/mol. The molecule has 5 rings (SSSR count). The molecule has 212 valence electrons. The van der Waals surface area contributed by atoms with Crippen molar-refractivity contribution in [3.05, 3.63) is 65.7 Å². The Labute approximate surface area is 235 Å². The van der Waals surface area contributed by atoms with Crippen LogP contribution in [0.25, 0.3) is 0 Å². The molecule has 9 heteroatoms. The van der Waals surface area contributed by atoms with Crippen molar-refractivity contribution >= 4 is 24.1 Å². The second-order valence-electron chi connectivity index (χ2n) is 10.9. The molecule has 3 saturated heterocycles. The van der Waals surface area contributed by atoms with E-state index in [9.17, 15) is 18.4 Å². The number of ketones is 1. The summed E-state index contributed by atoms with van der Waals surface area (Å²) in [5.74, 6) is 1.09. The lowest BCUT2D eigenvalue weighted by atomic mass is 9.75. The first-order chi connectivity index (χ1) is 18.4. The van der Waals surface area contributed by atoms with E-state index < -0.39 is 6.61 Å². The van der Waals surface area contributed by atoms with E-state index in [1.165, 1.54) is 17.7 Å². The van der Waals surface area contributed by atoms with E-state index in [1.54, 1.807) is 12.1 Å². The van der Waals surface area contributed by atoms with Crippen molar-refractivity contribution in [2.24, 2.45) is 11.3 Å². The van der Waals surface area contributed by atoms with Crippen molar-refractivity contribution in [3.8, 4) is 5.75 Å². The molecule has 3 atom stereocenters. The zero-order chi connectivity index (χ0) is 26.7. The van der Waals surface area contributed by atoms with Crippen molar-refractivity contribution in [1.82, 2.24) is 15.1 Å². The van der Waals surface area contributed by atoms with Crippen molar-refractivity contribution in [2.45, 2.75) is 57.7 Å². The number of alkyl halides is 2. The molecule has 0 aromatic heterocycles. The van der Waals surface area contributed by atoms with Crippen LogP contribution in [0.5, 0.6) is 5.75 Å². The van der Waals surface area contributed by atoms with Gasteiger partial charge >= 0.3 is 6.61 Å². The van der Waals surface area contributed by atoms with E-state index in [-0.39, 0.29) is 47.2 Å². The normalized spacial score (nSPS) is 23.7. The summed E-state index contributed by atoms with van der Waals surface area (Å²) in [4.78, 5) is 31.1. The third-order valence-electron chi connectivity index (χ3n) is 8.84. The molecule has 3 aliphatic heterocycles. The number of ether oxygens (including phenoxy) is 1. The highest BCUT2D eigenvalue weighted by Crippen LogP contribution is 2.44. The first-order valence-corrected chi connectivity index (χ1v) is 13.8. The van der Waals surface area contributed by atoms with Crippen molar-refractivity contribution < 1.29 is 23.1 Å². The van der Waals surface area contributed by atoms with Gasteiger partial charge in [-0.3, -0.25) is 14.5 Å². The lowest BCUT2D eigenvalue weighted by molar-refractivity contribution is -0.140. The molecule has 1 amide bonds. The molecule has 1 unspecified atom stereocenters. The van der Waals surface area contributed by atoms with Crippen LogP contribution in [0.15, 0.2) is 54.6 Å². The number of hydrogen-bond donors (Lipinski definition) is 1. The topological polar surface area (TPSA) is 61.9 Å². The van der Waals surface area contributed by atoms with Crippen molar-refractivity contribution in [2.75, 3.05) is 32.7 Å². The Hall–Kier alpha value is -2.55. The standard InChI is InChI=1S/C30H37F2N3O3.ClH/c1-2-26(36)27(25-19-33-18-24(25)22-6-4-3-5-7-22)34-15-12-30(13-16-34)14-17-35(28(30)37)20-21-8-10-23(11-9-21)38-29(31)32;/h3-11,24-25,27,29,33H,2,12-20H2,1H3;1H/t24-,25-,27?;/m1./s1. The molecule has 2 aromatic carbocycles. The van der Waals surface area contributed by atoms with Crippen molar-refractivity contribution in [1.29, 1.82) is 0 Å². The fraction of sp³-hybridized carbons (Fsp3) is 0.533. The first kappa shape index (κ1) is 29.4. The van der Waals surface area contributed by atoms with Crippen molar-refractivity contribution in [3.63, 3.8) is 0 Å². The van der Waals surface area contributed by atoms with Gasteiger partial charge in [-0.25, -0.2) is 0 Å². The second-order valence-corrected chi connectivity index (χ2v) is 10.9. The van der Waals surface area contributed by atoms with Crippen LogP contribution in [0.3, 0.4) is 0 Å². The number of Topliss-reactive ketones (excluding diaryl/α,β-unsaturated/α-hetero) is 1. The number of piperidine rings is 1. The zero-order valence-electron chi connectivity index (χ0n) is 22.4. The zero-order valence-corrected chi connectivity index (χ0v) is 23.2. The quantitative estimate of drug-likeness (QED) is 0.473. The van der Waals surface area contributed by atoms with E-state index >= 15 is 0 Å². The highest BCUT2D eigenvalue weighted by Gasteiger charge is 2.50. The minimum absolute atomic E-state index is 0. The van der Waals surface area contributed by atoms with Gasteiger partial charge in [-0.1, -0.05) is 49.4 Å². The van der Waals surface area contributed by atoms with Gasteiger partial charge in [-0.05, 0) is 55.6 Å².